The van der Waals surface area contributed by atoms with E-state index < -0.39 is 8.07 Å². The molecule has 2 nitrogen and oxygen atoms in total. The van der Waals surface area contributed by atoms with Gasteiger partial charge in [-0.05, 0) is 49.9 Å². The maximum Gasteiger partial charge on any atom is 0.0795 e. The van der Waals surface area contributed by atoms with Gasteiger partial charge in [-0.15, -0.1) is 59.7 Å². The largest absolute Gasteiger partial charge is 0.305 e. The van der Waals surface area contributed by atoms with Crippen LogP contribution >= 0.6 is 11.3 Å². The van der Waals surface area contributed by atoms with Crippen LogP contribution < -0.4 is 5.19 Å². The molecule has 209 valence electrons. The molecule has 0 amide bonds. The maximum atomic E-state index is 4.52. The van der Waals surface area contributed by atoms with Gasteiger partial charge in [0.25, 0.3) is 0 Å². The fraction of sp³-hybridized carbons (Fsp3) is 0.0811. The van der Waals surface area contributed by atoms with E-state index in [9.17, 15) is 0 Å². The van der Waals surface area contributed by atoms with Crippen LogP contribution in [0.15, 0.2) is 128 Å². The van der Waals surface area contributed by atoms with Crippen molar-refractivity contribution in [2.75, 3.05) is 0 Å². The summed E-state index contributed by atoms with van der Waals surface area (Å²) in [6.07, 6.45) is 3.85. The first-order chi connectivity index (χ1) is 20.0. The number of pyridine rings is 2. The molecule has 0 saturated carbocycles. The van der Waals surface area contributed by atoms with Gasteiger partial charge in [-0.1, -0.05) is 91.8 Å². The van der Waals surface area contributed by atoms with Gasteiger partial charge in [0.1, 0.15) is 0 Å². The zero-order valence-corrected chi connectivity index (χ0v) is 28.0. The molecule has 5 heteroatoms. The molecule has 7 aromatic rings. The average Bonchev–Trinajstić information content (AvgIpc) is 3.40. The van der Waals surface area contributed by atoms with Gasteiger partial charge in [0.05, 0.1) is 8.07 Å². The summed E-state index contributed by atoms with van der Waals surface area (Å²) in [5.41, 5.74) is 6.62. The van der Waals surface area contributed by atoms with Gasteiger partial charge in [0.2, 0.25) is 0 Å². The van der Waals surface area contributed by atoms with Crippen molar-refractivity contribution in [2.45, 2.75) is 19.6 Å². The van der Waals surface area contributed by atoms with Gasteiger partial charge in [-0.2, -0.15) is 11.3 Å². The normalized spacial score (nSPS) is 11.0. The van der Waals surface area contributed by atoms with Crippen LogP contribution in [0.2, 0.25) is 19.6 Å². The molecular weight excluding hydrogens is 725 g/mol. The van der Waals surface area contributed by atoms with Crippen LogP contribution in [0, 0.1) is 12.1 Å². The van der Waals surface area contributed by atoms with E-state index in [2.05, 4.69) is 108 Å². The monoisotopic (exact) mass is 755 g/mol. The van der Waals surface area contributed by atoms with E-state index >= 15 is 0 Å². The first-order valence-corrected chi connectivity index (χ1v) is 18.1. The molecule has 7 rings (SSSR count). The second kappa shape index (κ2) is 13.1. The Morgan fingerprint density at radius 1 is 0.643 bits per heavy atom. The SMILES string of the molecule is C[Si](C)(C)c1ccc(-c2[c-]cccc2)nc1.[Ir].[c-]1ccc2c(sc3cc(-c4ccccc4)ccc32)c1-c1ccccn1. The quantitative estimate of drug-likeness (QED) is 0.132. The Bertz CT molecular complexity index is 1900. The first kappa shape index (κ1) is 29.7. The topological polar surface area (TPSA) is 25.8 Å². The van der Waals surface area contributed by atoms with E-state index in [1.807, 2.05) is 72.3 Å². The Morgan fingerprint density at radius 3 is 2.14 bits per heavy atom. The van der Waals surface area contributed by atoms with Crippen LogP contribution in [0.3, 0.4) is 0 Å². The van der Waals surface area contributed by atoms with Crippen LogP contribution in [0.1, 0.15) is 0 Å². The molecule has 0 aliphatic carbocycles. The van der Waals surface area contributed by atoms with E-state index in [4.69, 9.17) is 0 Å². The minimum Gasteiger partial charge on any atom is -0.305 e. The number of aromatic nitrogens is 2. The van der Waals surface area contributed by atoms with Crippen LogP contribution in [-0.4, -0.2) is 18.0 Å². The standard InChI is InChI=1S/C23H14NS.C14H16NSi.Ir/c1-2-7-16(8-3-1)17-12-13-18-19-9-6-10-20(21-11-4-5-14-24-21)23(19)25-22(18)15-17;1-16(2,3)13-9-10-14(15-11-13)12-7-5-4-6-8-12;/h1-9,11-15H;4-7,9-11H,1-3H3;/q2*-1;. The Labute approximate surface area is 266 Å². The molecular formula is C37H30IrN2SSi-2. The molecule has 0 aliphatic heterocycles. The molecule has 1 radical (unpaired) electrons. The fourth-order valence-electron chi connectivity index (χ4n) is 4.80. The van der Waals surface area contributed by atoms with Crippen molar-refractivity contribution < 1.29 is 20.1 Å². The molecule has 3 aromatic heterocycles. The van der Waals surface area contributed by atoms with Crippen molar-refractivity contribution in [1.29, 1.82) is 0 Å². The summed E-state index contributed by atoms with van der Waals surface area (Å²) in [6.45, 7) is 7.00. The van der Waals surface area contributed by atoms with Crippen molar-refractivity contribution in [3.8, 4) is 33.6 Å². The molecule has 42 heavy (non-hydrogen) atoms. The summed E-state index contributed by atoms with van der Waals surface area (Å²) in [4.78, 5) is 9.03. The Balaban J connectivity index is 0.000000181. The second-order valence-corrected chi connectivity index (χ2v) is 17.1. The zero-order chi connectivity index (χ0) is 28.2. The Kier molecular flexibility index (Phi) is 9.25. The minimum atomic E-state index is -1.23. The smallest absolute Gasteiger partial charge is 0.0795 e. The summed E-state index contributed by atoms with van der Waals surface area (Å²) in [5, 5.41) is 3.97. The third-order valence-corrected chi connectivity index (χ3v) is 10.3. The summed E-state index contributed by atoms with van der Waals surface area (Å²) in [6, 6.07) is 46.3. The molecule has 4 aromatic carbocycles. The summed E-state index contributed by atoms with van der Waals surface area (Å²) in [7, 11) is -1.23. The van der Waals surface area contributed by atoms with E-state index in [0.29, 0.717) is 0 Å². The number of hydrogen-bond acceptors (Lipinski definition) is 3. The third-order valence-electron chi connectivity index (χ3n) is 7.08. The molecule has 0 spiro atoms. The third kappa shape index (κ3) is 6.51. The fourth-order valence-corrected chi connectivity index (χ4v) is 7.08. The number of benzene rings is 4. The predicted molar refractivity (Wildman–Crippen MR) is 178 cm³/mol. The van der Waals surface area contributed by atoms with E-state index in [0.717, 1.165) is 22.5 Å². The molecule has 0 N–H and O–H groups in total. The zero-order valence-electron chi connectivity index (χ0n) is 23.8. The molecule has 0 atom stereocenters. The summed E-state index contributed by atoms with van der Waals surface area (Å²) < 4.78 is 2.55. The van der Waals surface area contributed by atoms with Gasteiger partial charge < -0.3 is 9.97 Å². The number of hydrogen-bond donors (Lipinski definition) is 0. The molecule has 0 unspecified atom stereocenters. The molecule has 0 bridgehead atoms. The molecule has 0 saturated heterocycles. The van der Waals surface area contributed by atoms with E-state index in [1.165, 1.54) is 36.5 Å². The van der Waals surface area contributed by atoms with Crippen molar-refractivity contribution in [1.82, 2.24) is 9.97 Å². The van der Waals surface area contributed by atoms with Crippen LogP contribution in [0.25, 0.3) is 53.8 Å². The van der Waals surface area contributed by atoms with E-state index in [1.54, 1.807) is 0 Å². The number of rotatable bonds is 4. The average molecular weight is 755 g/mol. The maximum absolute atomic E-state index is 4.52. The van der Waals surface area contributed by atoms with Crippen molar-refractivity contribution in [3.63, 3.8) is 0 Å². The van der Waals surface area contributed by atoms with Crippen molar-refractivity contribution in [3.05, 3.63) is 140 Å². The Morgan fingerprint density at radius 2 is 1.45 bits per heavy atom. The van der Waals surface area contributed by atoms with Crippen molar-refractivity contribution in [2.24, 2.45) is 0 Å². The number of thiophene rings is 1. The Hall–Kier alpha value is -3.73. The van der Waals surface area contributed by atoms with Gasteiger partial charge in [-0.25, -0.2) is 0 Å². The number of nitrogens with zero attached hydrogens (tertiary/aromatic N) is 2. The van der Waals surface area contributed by atoms with Gasteiger partial charge in [0.15, 0.2) is 0 Å². The van der Waals surface area contributed by atoms with Crippen LogP contribution in [0.4, 0.5) is 0 Å². The minimum absolute atomic E-state index is 0. The van der Waals surface area contributed by atoms with Gasteiger partial charge in [-0.3, -0.25) is 0 Å². The molecule has 0 fully saturated rings. The van der Waals surface area contributed by atoms with Crippen molar-refractivity contribution >= 4 is 44.8 Å². The van der Waals surface area contributed by atoms with Crippen LogP contribution in [0.5, 0.6) is 0 Å². The summed E-state index contributed by atoms with van der Waals surface area (Å²) in [5.74, 6) is 0. The summed E-state index contributed by atoms with van der Waals surface area (Å²) >= 11 is 1.82. The van der Waals surface area contributed by atoms with E-state index in [-0.39, 0.29) is 20.1 Å². The van der Waals surface area contributed by atoms with Gasteiger partial charge in [0, 0.05) is 37.2 Å². The van der Waals surface area contributed by atoms with Gasteiger partial charge >= 0.3 is 0 Å². The second-order valence-electron chi connectivity index (χ2n) is 10.9. The number of fused-ring (bicyclic) bond motifs is 3. The first-order valence-electron chi connectivity index (χ1n) is 13.7. The van der Waals surface area contributed by atoms with Crippen LogP contribution in [-0.2, 0) is 20.1 Å². The predicted octanol–water partition coefficient (Wildman–Crippen LogP) is 9.68. The molecule has 3 heterocycles. The molecule has 0 aliphatic rings.